The van der Waals surface area contributed by atoms with Gasteiger partial charge in [0.1, 0.15) is 28.7 Å². The summed E-state index contributed by atoms with van der Waals surface area (Å²) in [7, 11) is 0. The fraction of sp³-hybridized carbons (Fsp3) is 0.321. The summed E-state index contributed by atoms with van der Waals surface area (Å²) in [4.78, 5) is 38.0. The highest BCUT2D eigenvalue weighted by atomic mass is 16.4. The van der Waals surface area contributed by atoms with E-state index >= 15 is 0 Å². The number of rotatable bonds is 5. The highest BCUT2D eigenvalue weighted by molar-refractivity contribution is 6.04. The van der Waals surface area contributed by atoms with Gasteiger partial charge in [0.05, 0.1) is 5.92 Å². The number of aromatic nitrogens is 4. The molecule has 5 rings (SSSR count). The number of hydrogen-bond donors (Lipinski definition) is 3. The molecule has 1 aliphatic carbocycles. The minimum atomic E-state index is -0.743. The number of pyridine rings is 1. The molecule has 0 saturated heterocycles. The number of amides is 1. The van der Waals surface area contributed by atoms with Crippen LogP contribution in [0.5, 0.6) is 0 Å². The number of hydrogen-bond acceptors (Lipinski definition) is 6. The Morgan fingerprint density at radius 1 is 1.11 bits per heavy atom. The van der Waals surface area contributed by atoms with Crippen molar-refractivity contribution >= 4 is 29.0 Å². The summed E-state index contributed by atoms with van der Waals surface area (Å²) >= 11 is 0. The van der Waals surface area contributed by atoms with Crippen molar-refractivity contribution in [3.63, 3.8) is 0 Å². The average Bonchev–Trinajstić information content (AvgIpc) is 3.24. The molecule has 0 bridgehead atoms. The Bertz CT molecular complexity index is 1490. The Balaban J connectivity index is 1.47. The van der Waals surface area contributed by atoms with Crippen molar-refractivity contribution in [3.8, 4) is 11.3 Å². The molecule has 3 aromatic heterocycles. The summed E-state index contributed by atoms with van der Waals surface area (Å²) < 4.78 is 1.98. The molecule has 190 valence electrons. The lowest BCUT2D eigenvalue weighted by Crippen LogP contribution is -2.36. The monoisotopic (exact) mass is 498 g/mol. The zero-order valence-electron chi connectivity index (χ0n) is 21.1. The van der Waals surface area contributed by atoms with E-state index < -0.39 is 5.97 Å². The summed E-state index contributed by atoms with van der Waals surface area (Å²) in [6.07, 6.45) is 7.19. The molecule has 0 spiro atoms. The number of benzene rings is 1. The van der Waals surface area contributed by atoms with Crippen LogP contribution in [0.1, 0.15) is 60.8 Å². The van der Waals surface area contributed by atoms with Gasteiger partial charge in [0.2, 0.25) is 0 Å². The van der Waals surface area contributed by atoms with Gasteiger partial charge in [-0.1, -0.05) is 26.0 Å². The maximum absolute atomic E-state index is 12.7. The number of carbonyl (C=O) groups excluding carboxylic acids is 1. The van der Waals surface area contributed by atoms with E-state index in [2.05, 4.69) is 15.3 Å². The lowest BCUT2D eigenvalue weighted by molar-refractivity contribution is -0.147. The van der Waals surface area contributed by atoms with Crippen molar-refractivity contribution in [2.24, 2.45) is 11.3 Å². The molecule has 1 aromatic carbocycles. The number of anilines is 2. The number of imidazole rings is 1. The predicted octanol–water partition coefficient (Wildman–Crippen LogP) is 4.93. The average molecular weight is 499 g/mol. The lowest BCUT2D eigenvalue weighted by Gasteiger charge is -2.39. The van der Waals surface area contributed by atoms with Crippen molar-refractivity contribution < 1.29 is 14.7 Å². The molecule has 0 aliphatic heterocycles. The van der Waals surface area contributed by atoms with Crippen LogP contribution in [0.15, 0.2) is 55.0 Å². The molecule has 9 heteroatoms. The van der Waals surface area contributed by atoms with Crippen LogP contribution in [0, 0.1) is 18.3 Å². The summed E-state index contributed by atoms with van der Waals surface area (Å²) in [5.41, 5.74) is 9.66. The van der Waals surface area contributed by atoms with E-state index in [4.69, 9.17) is 10.7 Å². The Morgan fingerprint density at radius 2 is 1.86 bits per heavy atom. The van der Waals surface area contributed by atoms with Crippen molar-refractivity contribution in [2.75, 3.05) is 11.1 Å². The molecule has 2 unspecified atom stereocenters. The fourth-order valence-electron chi connectivity index (χ4n) is 5.46. The van der Waals surface area contributed by atoms with Crippen LogP contribution in [-0.2, 0) is 4.79 Å². The Morgan fingerprint density at radius 3 is 2.54 bits per heavy atom. The molecule has 1 fully saturated rings. The molecule has 3 heterocycles. The molecule has 9 nitrogen and oxygen atoms in total. The van der Waals surface area contributed by atoms with E-state index in [-0.39, 0.29) is 23.2 Å². The number of fused-ring (bicyclic) bond motifs is 1. The van der Waals surface area contributed by atoms with Crippen molar-refractivity contribution in [1.29, 1.82) is 0 Å². The van der Waals surface area contributed by atoms with Crippen LogP contribution in [0.3, 0.4) is 0 Å². The summed E-state index contributed by atoms with van der Waals surface area (Å²) in [5.74, 6) is 0.422. The van der Waals surface area contributed by atoms with Crippen LogP contribution in [0.4, 0.5) is 11.6 Å². The first-order chi connectivity index (χ1) is 17.6. The largest absolute Gasteiger partial charge is 0.481 e. The van der Waals surface area contributed by atoms with Crippen LogP contribution in [0.25, 0.3) is 16.8 Å². The first-order valence-corrected chi connectivity index (χ1v) is 12.3. The van der Waals surface area contributed by atoms with Crippen molar-refractivity contribution in [2.45, 2.75) is 46.0 Å². The molecule has 2 atom stereocenters. The number of carbonyl (C=O) groups is 2. The number of aryl methyl sites for hydroxylation is 1. The molecule has 37 heavy (non-hydrogen) atoms. The Kier molecular flexibility index (Phi) is 6.15. The van der Waals surface area contributed by atoms with Gasteiger partial charge in [-0.05, 0) is 61.4 Å². The van der Waals surface area contributed by atoms with Crippen LogP contribution >= 0.6 is 0 Å². The van der Waals surface area contributed by atoms with Crippen LogP contribution in [-0.4, -0.2) is 36.3 Å². The SMILES string of the molecule is Cc1ccnc(NC(=O)c2ccc(-c3nc(C4CCC(C(=O)O)C(C)(C)C4)n4ccnc(N)c34)cc2)c1. The Labute approximate surface area is 214 Å². The van der Waals surface area contributed by atoms with Gasteiger partial charge in [-0.2, -0.15) is 0 Å². The number of aliphatic carboxylic acids is 1. The summed E-state index contributed by atoms with van der Waals surface area (Å²) in [6.45, 7) is 5.97. The van der Waals surface area contributed by atoms with E-state index in [1.807, 2.05) is 55.6 Å². The number of carboxylic acids is 1. The molecular formula is C28H30N6O3. The van der Waals surface area contributed by atoms with Gasteiger partial charge in [-0.3, -0.25) is 14.0 Å². The summed E-state index contributed by atoms with van der Waals surface area (Å²) in [5, 5.41) is 12.5. The molecule has 4 aromatic rings. The maximum Gasteiger partial charge on any atom is 0.307 e. The second-order valence-electron chi connectivity index (χ2n) is 10.5. The number of nitrogen functional groups attached to an aromatic ring is 1. The quantitative estimate of drug-likeness (QED) is 0.355. The lowest BCUT2D eigenvalue weighted by atomic mass is 9.65. The number of nitrogens with one attached hydrogen (secondary N) is 1. The van der Waals surface area contributed by atoms with Gasteiger partial charge < -0.3 is 16.2 Å². The van der Waals surface area contributed by atoms with Crippen molar-refractivity contribution in [3.05, 3.63) is 71.9 Å². The molecule has 0 radical (unpaired) electrons. The van der Waals surface area contributed by atoms with Crippen molar-refractivity contribution in [1.82, 2.24) is 19.4 Å². The number of carboxylic acid groups (broad SMARTS) is 1. The van der Waals surface area contributed by atoms with Crippen LogP contribution in [0.2, 0.25) is 0 Å². The number of nitrogens with two attached hydrogens (primary N) is 1. The zero-order valence-corrected chi connectivity index (χ0v) is 21.1. The molecular weight excluding hydrogens is 468 g/mol. The normalized spacial score (nSPS) is 19.0. The second kappa shape index (κ2) is 9.31. The molecule has 1 aliphatic rings. The minimum absolute atomic E-state index is 0.0838. The zero-order chi connectivity index (χ0) is 26.3. The van der Waals surface area contributed by atoms with Crippen LogP contribution < -0.4 is 11.1 Å². The predicted molar refractivity (Wildman–Crippen MR) is 141 cm³/mol. The van der Waals surface area contributed by atoms with E-state index in [1.165, 1.54) is 0 Å². The molecule has 1 amide bonds. The van der Waals surface area contributed by atoms with Gasteiger partial charge in [0.25, 0.3) is 5.91 Å². The van der Waals surface area contributed by atoms with Gasteiger partial charge in [0, 0.05) is 35.6 Å². The highest BCUT2D eigenvalue weighted by Crippen LogP contribution is 2.47. The van der Waals surface area contributed by atoms with E-state index in [1.54, 1.807) is 24.5 Å². The molecule has 4 N–H and O–H groups in total. The van der Waals surface area contributed by atoms with Gasteiger partial charge >= 0.3 is 5.97 Å². The van der Waals surface area contributed by atoms with Gasteiger partial charge in [-0.25, -0.2) is 15.0 Å². The third-order valence-electron chi connectivity index (χ3n) is 7.37. The Hall–Kier alpha value is -4.27. The summed E-state index contributed by atoms with van der Waals surface area (Å²) in [6, 6.07) is 10.9. The third kappa shape index (κ3) is 4.64. The smallest absolute Gasteiger partial charge is 0.307 e. The first kappa shape index (κ1) is 24.4. The van der Waals surface area contributed by atoms with E-state index in [0.29, 0.717) is 41.3 Å². The standard InChI is InChI=1S/C28H30N6O3/c1-16-10-11-30-21(14-16)32-26(35)18-6-4-17(5-7-18)22-23-24(29)31-12-13-34(23)25(33-22)19-8-9-20(27(36)37)28(2,3)15-19/h4-7,10-14,19-20H,8-9,15H2,1-3H3,(H2,29,31)(H,36,37)(H,30,32,35). The van der Waals surface area contributed by atoms with Gasteiger partial charge in [-0.15, -0.1) is 0 Å². The van der Waals surface area contributed by atoms with E-state index in [9.17, 15) is 14.7 Å². The molecule has 1 saturated carbocycles. The second-order valence-corrected chi connectivity index (χ2v) is 10.5. The number of nitrogens with zero attached hydrogens (tertiary/aromatic N) is 4. The maximum atomic E-state index is 12.7. The highest BCUT2D eigenvalue weighted by Gasteiger charge is 2.42. The topological polar surface area (TPSA) is 136 Å². The third-order valence-corrected chi connectivity index (χ3v) is 7.37. The van der Waals surface area contributed by atoms with Gasteiger partial charge in [0.15, 0.2) is 0 Å². The minimum Gasteiger partial charge on any atom is -0.481 e. The fourth-order valence-corrected chi connectivity index (χ4v) is 5.46. The first-order valence-electron chi connectivity index (χ1n) is 12.3. The van der Waals surface area contributed by atoms with E-state index in [0.717, 1.165) is 23.4 Å².